The zero-order valence-electron chi connectivity index (χ0n) is 17.6. The molecule has 7 heteroatoms. The molecule has 0 saturated heterocycles. The van der Waals surface area contributed by atoms with Crippen molar-refractivity contribution in [1.82, 2.24) is 0 Å². The summed E-state index contributed by atoms with van der Waals surface area (Å²) in [6, 6.07) is 17.0. The topological polar surface area (TPSA) is 80.3 Å². The lowest BCUT2D eigenvalue weighted by atomic mass is 10.1. The molecular formula is C26H18O7. The molecular weight excluding hydrogens is 424 g/mol. The van der Waals surface area contributed by atoms with Crippen LogP contribution in [0.4, 0.5) is 0 Å². The first-order valence-electron chi connectivity index (χ1n) is 10.1. The Morgan fingerprint density at radius 3 is 2.70 bits per heavy atom. The van der Waals surface area contributed by atoms with Crippen molar-refractivity contribution in [2.45, 2.75) is 0 Å². The number of hydrogen-bond acceptors (Lipinski definition) is 7. The number of carbonyl (C=O) groups is 2. The van der Waals surface area contributed by atoms with E-state index in [2.05, 4.69) is 0 Å². The molecule has 2 heterocycles. The first-order valence-corrected chi connectivity index (χ1v) is 10.1. The van der Waals surface area contributed by atoms with Crippen molar-refractivity contribution in [1.29, 1.82) is 0 Å². The smallest absolute Gasteiger partial charge is 0.343 e. The minimum atomic E-state index is -0.562. The van der Waals surface area contributed by atoms with Crippen LogP contribution >= 0.6 is 0 Å². The molecule has 5 rings (SSSR count). The Labute approximate surface area is 189 Å². The van der Waals surface area contributed by atoms with Gasteiger partial charge in [0.05, 0.1) is 18.2 Å². The summed E-state index contributed by atoms with van der Waals surface area (Å²) in [6.07, 6.45) is 5.13. The Balaban J connectivity index is 1.30. The van der Waals surface area contributed by atoms with Gasteiger partial charge >= 0.3 is 5.97 Å². The minimum absolute atomic E-state index is 0.119. The van der Waals surface area contributed by atoms with Crippen molar-refractivity contribution in [3.05, 3.63) is 95.3 Å². The van der Waals surface area contributed by atoms with Crippen molar-refractivity contribution in [2.75, 3.05) is 13.9 Å². The van der Waals surface area contributed by atoms with Crippen molar-refractivity contribution in [2.24, 2.45) is 0 Å². The fraction of sp³-hybridized carbons (Fsp3) is 0.0769. The van der Waals surface area contributed by atoms with Gasteiger partial charge in [-0.1, -0.05) is 30.4 Å². The van der Waals surface area contributed by atoms with Gasteiger partial charge in [-0.2, -0.15) is 0 Å². The second kappa shape index (κ2) is 8.55. The van der Waals surface area contributed by atoms with Crippen LogP contribution in [-0.2, 0) is 0 Å². The van der Waals surface area contributed by atoms with Crippen LogP contribution in [0.5, 0.6) is 28.7 Å². The van der Waals surface area contributed by atoms with E-state index in [1.54, 1.807) is 49.6 Å². The van der Waals surface area contributed by atoms with Crippen molar-refractivity contribution in [3.8, 4) is 28.7 Å². The molecule has 2 aliphatic heterocycles. The van der Waals surface area contributed by atoms with E-state index < -0.39 is 5.97 Å². The van der Waals surface area contributed by atoms with E-state index in [0.29, 0.717) is 28.4 Å². The number of methoxy groups -OCH3 is 1. The fourth-order valence-corrected chi connectivity index (χ4v) is 3.48. The second-order valence-corrected chi connectivity index (χ2v) is 7.18. The van der Waals surface area contributed by atoms with Crippen molar-refractivity contribution < 1.29 is 33.3 Å². The van der Waals surface area contributed by atoms with Gasteiger partial charge in [-0.25, -0.2) is 4.79 Å². The molecule has 0 aromatic heterocycles. The van der Waals surface area contributed by atoms with E-state index in [4.69, 9.17) is 23.7 Å². The number of esters is 1. The fourth-order valence-electron chi connectivity index (χ4n) is 3.48. The molecule has 0 radical (unpaired) electrons. The van der Waals surface area contributed by atoms with Gasteiger partial charge < -0.3 is 23.7 Å². The maximum absolute atomic E-state index is 12.6. The number of Topliss-reactive ketones (excluding diaryl/α,β-unsaturated/α-hetero) is 1. The molecule has 3 aromatic rings. The lowest BCUT2D eigenvalue weighted by molar-refractivity contribution is 0.0734. The summed E-state index contributed by atoms with van der Waals surface area (Å²) in [5.74, 6) is 1.75. The SMILES string of the molecule is COc1ccccc1C=CC=C1Oc2cc(OC(=O)c3ccc4c(c3)OCO4)ccc2C1=O. The van der Waals surface area contributed by atoms with Crippen LogP contribution in [0, 0.1) is 0 Å². The van der Waals surface area contributed by atoms with Gasteiger partial charge in [-0.15, -0.1) is 0 Å². The second-order valence-electron chi connectivity index (χ2n) is 7.18. The van der Waals surface area contributed by atoms with Crippen molar-refractivity contribution >= 4 is 17.8 Å². The van der Waals surface area contributed by atoms with Gasteiger partial charge in [0.2, 0.25) is 12.6 Å². The van der Waals surface area contributed by atoms with Gasteiger partial charge in [0.1, 0.15) is 17.2 Å². The van der Waals surface area contributed by atoms with E-state index in [0.717, 1.165) is 11.3 Å². The highest BCUT2D eigenvalue weighted by atomic mass is 16.7. The maximum atomic E-state index is 12.6. The van der Waals surface area contributed by atoms with Gasteiger partial charge in [0.25, 0.3) is 0 Å². The average molecular weight is 442 g/mol. The number of benzene rings is 3. The normalized spacial score (nSPS) is 14.9. The Morgan fingerprint density at radius 1 is 0.970 bits per heavy atom. The molecule has 0 bridgehead atoms. The van der Waals surface area contributed by atoms with Crippen LogP contribution in [0.15, 0.2) is 78.6 Å². The third kappa shape index (κ3) is 4.04. The largest absolute Gasteiger partial charge is 0.496 e. The first kappa shape index (κ1) is 20.4. The monoisotopic (exact) mass is 442 g/mol. The summed E-state index contributed by atoms with van der Waals surface area (Å²) in [5.41, 5.74) is 1.59. The molecule has 0 spiro atoms. The predicted octanol–water partition coefficient (Wildman–Crippen LogP) is 4.82. The number of ketones is 1. The van der Waals surface area contributed by atoms with Crippen LogP contribution in [0.3, 0.4) is 0 Å². The molecule has 0 aliphatic carbocycles. The lowest BCUT2D eigenvalue weighted by Gasteiger charge is -2.06. The van der Waals surface area contributed by atoms with Gasteiger partial charge in [0.15, 0.2) is 17.3 Å². The zero-order chi connectivity index (χ0) is 22.8. The molecule has 2 aliphatic rings. The number of fused-ring (bicyclic) bond motifs is 2. The highest BCUT2D eigenvalue weighted by molar-refractivity contribution is 6.12. The third-order valence-electron chi connectivity index (χ3n) is 5.12. The van der Waals surface area contributed by atoms with Gasteiger partial charge in [0, 0.05) is 11.6 Å². The van der Waals surface area contributed by atoms with E-state index in [9.17, 15) is 9.59 Å². The molecule has 0 N–H and O–H groups in total. The number of carbonyl (C=O) groups excluding carboxylic acids is 2. The number of hydrogen-bond donors (Lipinski definition) is 0. The molecule has 0 unspecified atom stereocenters. The van der Waals surface area contributed by atoms with E-state index >= 15 is 0 Å². The maximum Gasteiger partial charge on any atom is 0.343 e. The molecule has 0 fully saturated rings. The average Bonchev–Trinajstić information content (AvgIpc) is 3.43. The predicted molar refractivity (Wildman–Crippen MR) is 119 cm³/mol. The molecule has 0 amide bonds. The first-order chi connectivity index (χ1) is 16.1. The summed E-state index contributed by atoms with van der Waals surface area (Å²) < 4.78 is 27.0. The Morgan fingerprint density at radius 2 is 1.82 bits per heavy atom. The van der Waals surface area contributed by atoms with Crippen LogP contribution < -0.4 is 23.7 Å². The van der Waals surface area contributed by atoms with Crippen molar-refractivity contribution in [3.63, 3.8) is 0 Å². The Hall–Kier alpha value is -4.52. The summed E-state index contributed by atoms with van der Waals surface area (Å²) in [5, 5.41) is 0. The van der Waals surface area contributed by atoms with E-state index in [1.807, 2.05) is 30.3 Å². The van der Waals surface area contributed by atoms with E-state index in [1.165, 1.54) is 6.07 Å². The number of rotatable bonds is 5. The lowest BCUT2D eigenvalue weighted by Crippen LogP contribution is -2.08. The van der Waals surface area contributed by atoms with Crippen LogP contribution in [-0.4, -0.2) is 25.7 Å². The van der Waals surface area contributed by atoms with E-state index in [-0.39, 0.29) is 24.1 Å². The summed E-state index contributed by atoms with van der Waals surface area (Å²) in [4.78, 5) is 25.2. The highest BCUT2D eigenvalue weighted by Crippen LogP contribution is 2.35. The van der Waals surface area contributed by atoms with Crippen LogP contribution in [0.1, 0.15) is 26.3 Å². The molecule has 3 aromatic carbocycles. The van der Waals surface area contributed by atoms with Gasteiger partial charge in [-0.3, -0.25) is 4.79 Å². The number of allylic oxidation sites excluding steroid dienone is 3. The summed E-state index contributed by atoms with van der Waals surface area (Å²) >= 11 is 0. The molecule has 164 valence electrons. The molecule has 7 nitrogen and oxygen atoms in total. The highest BCUT2D eigenvalue weighted by Gasteiger charge is 2.27. The minimum Gasteiger partial charge on any atom is -0.496 e. The Bertz CT molecular complexity index is 1320. The molecule has 33 heavy (non-hydrogen) atoms. The quantitative estimate of drug-likeness (QED) is 0.319. The van der Waals surface area contributed by atoms with Gasteiger partial charge in [-0.05, 0) is 42.5 Å². The standard InChI is InChI=1S/C26H18O7/c1-29-20-7-3-2-5-16(20)6-4-8-22-25(27)19-11-10-18(14-23(19)33-22)32-26(28)17-9-12-21-24(13-17)31-15-30-21/h2-14H,15H2,1H3. The third-order valence-corrected chi connectivity index (χ3v) is 5.12. The Kier molecular flexibility index (Phi) is 5.28. The summed E-state index contributed by atoms with van der Waals surface area (Å²) in [7, 11) is 1.60. The molecule has 0 atom stereocenters. The number of para-hydroxylation sites is 1. The van der Waals surface area contributed by atoms with Crippen LogP contribution in [0.2, 0.25) is 0 Å². The zero-order valence-corrected chi connectivity index (χ0v) is 17.6. The molecule has 0 saturated carbocycles. The summed E-state index contributed by atoms with van der Waals surface area (Å²) in [6.45, 7) is 0.119. The van der Waals surface area contributed by atoms with Crippen LogP contribution in [0.25, 0.3) is 6.08 Å². The number of ether oxygens (including phenoxy) is 5.